The van der Waals surface area contributed by atoms with E-state index in [0.29, 0.717) is 0 Å². The Morgan fingerprint density at radius 1 is 1.57 bits per heavy atom. The summed E-state index contributed by atoms with van der Waals surface area (Å²) in [7, 11) is 0. The fourth-order valence-corrected chi connectivity index (χ4v) is 0.602. The second-order valence-electron chi connectivity index (χ2n) is 1.34. The Morgan fingerprint density at radius 2 is 2.00 bits per heavy atom. The van der Waals surface area contributed by atoms with Gasteiger partial charge in [-0.15, -0.1) is 0 Å². The van der Waals surface area contributed by atoms with Gasteiger partial charge in [0.25, 0.3) is 0 Å². The van der Waals surface area contributed by atoms with Crippen molar-refractivity contribution in [3.63, 3.8) is 0 Å². The van der Waals surface area contributed by atoms with E-state index in [1.807, 2.05) is 6.92 Å². The minimum Gasteiger partial charge on any atom is -0.295 e. The summed E-state index contributed by atoms with van der Waals surface area (Å²) in [6.07, 6.45) is 1.53. The van der Waals surface area contributed by atoms with E-state index in [-0.39, 0.29) is 5.78 Å². The lowest BCUT2D eigenvalue weighted by molar-refractivity contribution is -0.112. The Kier molecular flexibility index (Phi) is 2.92. The maximum Gasteiger partial charge on any atom is 0.153 e. The average Bonchev–Trinajstić information content (AvgIpc) is 1.27. The van der Waals surface area contributed by atoms with Crippen LogP contribution in [0, 0.1) is 0 Å². The summed E-state index contributed by atoms with van der Waals surface area (Å²) >= 11 is 3.12. The second-order valence-corrected chi connectivity index (χ2v) is 2.59. The summed E-state index contributed by atoms with van der Waals surface area (Å²) in [6, 6.07) is 0. The van der Waals surface area contributed by atoms with E-state index in [1.54, 1.807) is 0 Å². The highest BCUT2D eigenvalue weighted by Gasteiger charge is 1.82. The average molecular weight is 163 g/mol. The van der Waals surface area contributed by atoms with E-state index in [0.717, 1.165) is 4.48 Å². The van der Waals surface area contributed by atoms with E-state index in [4.69, 9.17) is 0 Å². The molecule has 0 N–H and O–H groups in total. The number of allylic oxidation sites excluding steroid dienone is 2. The van der Waals surface area contributed by atoms with Crippen LogP contribution in [0.1, 0.15) is 13.8 Å². The number of rotatable bonds is 1. The van der Waals surface area contributed by atoms with Crippen LogP contribution in [0.2, 0.25) is 0 Å². The molecule has 7 heavy (non-hydrogen) atoms. The summed E-state index contributed by atoms with van der Waals surface area (Å²) in [6.45, 7) is 3.34. The Bertz CT molecular complexity index is 101. The number of halogens is 1. The Hall–Kier alpha value is -0.110. The molecule has 0 spiro atoms. The third kappa shape index (κ3) is 5.89. The first kappa shape index (κ1) is 6.89. The van der Waals surface area contributed by atoms with Crippen molar-refractivity contribution in [2.75, 3.05) is 0 Å². The van der Waals surface area contributed by atoms with Crippen molar-refractivity contribution in [3.05, 3.63) is 10.6 Å². The normalized spacial score (nSPS) is 11.6. The summed E-state index contributed by atoms with van der Waals surface area (Å²) in [5.74, 6) is 0.0781. The molecule has 0 atom stereocenters. The lowest BCUT2D eigenvalue weighted by atomic mass is 10.4. The van der Waals surface area contributed by atoms with Gasteiger partial charge in [-0.3, -0.25) is 4.79 Å². The zero-order valence-electron chi connectivity index (χ0n) is 4.36. The first-order chi connectivity index (χ1) is 3.13. The number of hydrogen-bond acceptors (Lipinski definition) is 1. The molecule has 0 amide bonds. The van der Waals surface area contributed by atoms with E-state index < -0.39 is 0 Å². The quantitative estimate of drug-likeness (QED) is 0.539. The molecule has 0 saturated carbocycles. The van der Waals surface area contributed by atoms with Crippen molar-refractivity contribution < 1.29 is 4.79 Å². The van der Waals surface area contributed by atoms with Crippen molar-refractivity contribution in [1.29, 1.82) is 0 Å². The summed E-state index contributed by atoms with van der Waals surface area (Å²) in [4.78, 5) is 10.1. The number of carbonyl (C=O) groups is 1. The van der Waals surface area contributed by atoms with Crippen LogP contribution < -0.4 is 0 Å². The molecule has 0 rings (SSSR count). The Balaban J connectivity index is 3.68. The molecule has 0 fully saturated rings. The van der Waals surface area contributed by atoms with Gasteiger partial charge < -0.3 is 0 Å². The highest BCUT2D eigenvalue weighted by Crippen LogP contribution is 2.00. The maximum atomic E-state index is 10.1. The van der Waals surface area contributed by atoms with Gasteiger partial charge in [-0.05, 0) is 24.4 Å². The molecule has 0 aliphatic carbocycles. The van der Waals surface area contributed by atoms with Gasteiger partial charge in [-0.25, -0.2) is 0 Å². The minimum absolute atomic E-state index is 0.0781. The Morgan fingerprint density at radius 3 is 2.00 bits per heavy atom. The predicted octanol–water partition coefficient (Wildman–Crippen LogP) is 1.87. The molecule has 2 heteroatoms. The first-order valence-electron chi connectivity index (χ1n) is 1.97. The second kappa shape index (κ2) is 2.97. The smallest absolute Gasteiger partial charge is 0.153 e. The van der Waals surface area contributed by atoms with Gasteiger partial charge in [-0.2, -0.15) is 0 Å². The molecule has 0 heterocycles. The summed E-state index contributed by atoms with van der Waals surface area (Å²) < 4.78 is 0.875. The zero-order chi connectivity index (χ0) is 5.86. The topological polar surface area (TPSA) is 17.1 Å². The van der Waals surface area contributed by atoms with Gasteiger partial charge in [-0.1, -0.05) is 15.9 Å². The predicted molar refractivity (Wildman–Crippen MR) is 33.4 cm³/mol. The fraction of sp³-hybridized carbons (Fsp3) is 0.400. The molecule has 1 nitrogen and oxygen atoms in total. The van der Waals surface area contributed by atoms with Gasteiger partial charge in [0.05, 0.1) is 0 Å². The van der Waals surface area contributed by atoms with Gasteiger partial charge in [0.2, 0.25) is 0 Å². The number of hydrogen-bond donors (Lipinski definition) is 0. The monoisotopic (exact) mass is 162 g/mol. The van der Waals surface area contributed by atoms with Crippen LogP contribution in [-0.4, -0.2) is 5.78 Å². The van der Waals surface area contributed by atoms with Crippen LogP contribution in [0.4, 0.5) is 0 Å². The van der Waals surface area contributed by atoms with Crippen LogP contribution in [0.5, 0.6) is 0 Å². The van der Waals surface area contributed by atoms with Crippen molar-refractivity contribution in [3.8, 4) is 0 Å². The van der Waals surface area contributed by atoms with Crippen LogP contribution in [-0.2, 0) is 4.79 Å². The highest BCUT2D eigenvalue weighted by molar-refractivity contribution is 9.11. The van der Waals surface area contributed by atoms with E-state index in [9.17, 15) is 4.79 Å². The SMILES string of the molecule is CC(=O)/C=C(/C)Br. The lowest BCUT2D eigenvalue weighted by Gasteiger charge is -1.78. The molecular formula is C5H7BrO. The molecule has 0 aromatic carbocycles. The van der Waals surface area contributed by atoms with Crippen molar-refractivity contribution in [2.45, 2.75) is 13.8 Å². The summed E-state index contributed by atoms with van der Waals surface area (Å²) in [5, 5.41) is 0. The standard InChI is InChI=1S/C5H7BrO/c1-4(6)3-5(2)7/h3H,1-2H3/b4-3-. The van der Waals surface area contributed by atoms with Gasteiger partial charge in [0.1, 0.15) is 0 Å². The van der Waals surface area contributed by atoms with Crippen molar-refractivity contribution >= 4 is 21.7 Å². The highest BCUT2D eigenvalue weighted by atomic mass is 79.9. The third-order valence-electron chi connectivity index (χ3n) is 0.402. The Labute approximate surface area is 51.5 Å². The molecule has 0 aliphatic rings. The van der Waals surface area contributed by atoms with E-state index in [1.165, 1.54) is 13.0 Å². The van der Waals surface area contributed by atoms with Gasteiger partial charge >= 0.3 is 0 Å². The van der Waals surface area contributed by atoms with Crippen molar-refractivity contribution in [2.24, 2.45) is 0 Å². The van der Waals surface area contributed by atoms with Crippen molar-refractivity contribution in [1.82, 2.24) is 0 Å². The molecular weight excluding hydrogens is 156 g/mol. The zero-order valence-corrected chi connectivity index (χ0v) is 5.95. The molecule has 0 aliphatic heterocycles. The van der Waals surface area contributed by atoms with Crippen LogP contribution >= 0.6 is 15.9 Å². The minimum atomic E-state index is 0.0781. The summed E-state index contributed by atoms with van der Waals surface area (Å²) in [5.41, 5.74) is 0. The van der Waals surface area contributed by atoms with Crippen LogP contribution in [0.25, 0.3) is 0 Å². The van der Waals surface area contributed by atoms with Gasteiger partial charge in [0, 0.05) is 0 Å². The molecule has 0 radical (unpaired) electrons. The first-order valence-corrected chi connectivity index (χ1v) is 2.76. The molecule has 0 aromatic rings. The molecule has 0 saturated heterocycles. The van der Waals surface area contributed by atoms with E-state index in [2.05, 4.69) is 15.9 Å². The maximum absolute atomic E-state index is 10.1. The van der Waals surface area contributed by atoms with Crippen LogP contribution in [0.3, 0.4) is 0 Å². The number of ketones is 1. The molecule has 0 aromatic heterocycles. The third-order valence-corrected chi connectivity index (χ3v) is 0.631. The van der Waals surface area contributed by atoms with E-state index >= 15 is 0 Å². The van der Waals surface area contributed by atoms with Crippen LogP contribution in [0.15, 0.2) is 10.6 Å². The van der Waals surface area contributed by atoms with Gasteiger partial charge in [0.15, 0.2) is 5.78 Å². The molecule has 0 bridgehead atoms. The number of carbonyl (C=O) groups excluding carboxylic acids is 1. The molecule has 40 valence electrons. The lowest BCUT2D eigenvalue weighted by Crippen LogP contribution is -1.79. The molecule has 0 unspecified atom stereocenters. The fourth-order valence-electron chi connectivity index (χ4n) is 0.280. The largest absolute Gasteiger partial charge is 0.295 e.